The van der Waals surface area contributed by atoms with E-state index in [4.69, 9.17) is 10.2 Å². The molecule has 0 saturated carbocycles. The number of furan rings is 1. The maximum absolute atomic E-state index is 13.7. The maximum Gasteiger partial charge on any atom is 0.289 e. The first-order valence-corrected chi connectivity index (χ1v) is 8.84. The van der Waals surface area contributed by atoms with E-state index in [2.05, 4.69) is 0 Å². The summed E-state index contributed by atoms with van der Waals surface area (Å²) in [5.74, 6) is -3.55. The average molecular weight is 395 g/mol. The van der Waals surface area contributed by atoms with E-state index in [1.54, 1.807) is 21.9 Å². The summed E-state index contributed by atoms with van der Waals surface area (Å²) in [5.41, 5.74) is 5.83. The first-order valence-electron chi connectivity index (χ1n) is 8.84. The van der Waals surface area contributed by atoms with Gasteiger partial charge in [-0.05, 0) is 30.2 Å². The molecule has 0 bridgehead atoms. The molecule has 1 aromatic heterocycles. The molecule has 1 aromatic carbocycles. The zero-order valence-corrected chi connectivity index (χ0v) is 15.0. The number of amides is 2. The lowest BCUT2D eigenvalue weighted by Crippen LogP contribution is -2.51. The topological polar surface area (TPSA) is 79.8 Å². The molecule has 1 saturated heterocycles. The molecule has 2 N–H and O–H groups in total. The second kappa shape index (κ2) is 8.47. The molecule has 9 heteroatoms. The zero-order chi connectivity index (χ0) is 20.3. The smallest absolute Gasteiger partial charge is 0.289 e. The number of nitrogens with two attached hydrogens (primary N) is 1. The fraction of sp³-hybridized carbons (Fsp3) is 0.368. The van der Waals surface area contributed by atoms with Gasteiger partial charge < -0.3 is 20.0 Å². The summed E-state index contributed by atoms with van der Waals surface area (Å²) in [4.78, 5) is 27.8. The normalized spacial score (nSPS) is 15.6. The standard InChI is InChI=1S/C19H20F3N3O3/c20-14-11-16(22)15(21)9-12(14)8-13(23)10-18(26)24-3-5-25(6-4-24)19(27)17-2-1-7-28-17/h1-2,7,9,11,13H,3-6,8,10,23H2/t13-/m1/s1. The SMILES string of the molecule is N[C@@H](CC(=O)N1CCN(C(=O)c2ccco2)CC1)Cc1cc(F)c(F)cc1F. The Kier molecular flexibility index (Phi) is 6.03. The Bertz CT molecular complexity index is 850. The number of carbonyl (C=O) groups is 2. The van der Waals surface area contributed by atoms with Crippen LogP contribution in [-0.4, -0.2) is 53.8 Å². The highest BCUT2D eigenvalue weighted by atomic mass is 19.2. The van der Waals surface area contributed by atoms with Gasteiger partial charge in [-0.15, -0.1) is 0 Å². The van der Waals surface area contributed by atoms with Gasteiger partial charge >= 0.3 is 0 Å². The fourth-order valence-electron chi connectivity index (χ4n) is 3.14. The summed E-state index contributed by atoms with van der Waals surface area (Å²) >= 11 is 0. The lowest BCUT2D eigenvalue weighted by atomic mass is 10.0. The van der Waals surface area contributed by atoms with Gasteiger partial charge in [0.15, 0.2) is 17.4 Å². The third kappa shape index (κ3) is 4.53. The molecule has 28 heavy (non-hydrogen) atoms. The van der Waals surface area contributed by atoms with E-state index in [0.717, 1.165) is 6.07 Å². The largest absolute Gasteiger partial charge is 0.459 e. The number of piperazine rings is 1. The Hall–Kier alpha value is -2.81. The van der Waals surface area contributed by atoms with Crippen LogP contribution in [0.2, 0.25) is 0 Å². The molecular formula is C19H20F3N3O3. The molecule has 1 fully saturated rings. The monoisotopic (exact) mass is 395 g/mol. The lowest BCUT2D eigenvalue weighted by Gasteiger charge is -2.34. The van der Waals surface area contributed by atoms with Gasteiger partial charge in [0, 0.05) is 44.7 Å². The van der Waals surface area contributed by atoms with Gasteiger partial charge in [0.25, 0.3) is 5.91 Å². The fourth-order valence-corrected chi connectivity index (χ4v) is 3.14. The number of rotatable bonds is 5. The predicted molar refractivity (Wildman–Crippen MR) is 93.8 cm³/mol. The first-order chi connectivity index (χ1) is 13.3. The van der Waals surface area contributed by atoms with Gasteiger partial charge in [-0.2, -0.15) is 0 Å². The van der Waals surface area contributed by atoms with E-state index >= 15 is 0 Å². The molecule has 0 spiro atoms. The van der Waals surface area contributed by atoms with E-state index in [-0.39, 0.29) is 36.0 Å². The van der Waals surface area contributed by atoms with Crippen LogP contribution in [0.4, 0.5) is 13.2 Å². The Morgan fingerprint density at radius 1 is 1.04 bits per heavy atom. The lowest BCUT2D eigenvalue weighted by molar-refractivity contribution is -0.133. The minimum absolute atomic E-state index is 0.0649. The number of halogens is 3. The van der Waals surface area contributed by atoms with Gasteiger partial charge in [0.05, 0.1) is 6.26 Å². The number of hydrogen-bond donors (Lipinski definition) is 1. The summed E-state index contributed by atoms with van der Waals surface area (Å²) < 4.78 is 45.1. The van der Waals surface area contributed by atoms with Crippen molar-refractivity contribution in [1.82, 2.24) is 9.80 Å². The number of hydrogen-bond acceptors (Lipinski definition) is 4. The number of carbonyl (C=O) groups excluding carboxylic acids is 2. The number of nitrogens with zero attached hydrogens (tertiary/aromatic N) is 2. The molecule has 1 atom stereocenters. The second-order valence-electron chi connectivity index (χ2n) is 6.68. The quantitative estimate of drug-likeness (QED) is 0.785. The van der Waals surface area contributed by atoms with Crippen LogP contribution in [0.15, 0.2) is 34.9 Å². The third-order valence-electron chi connectivity index (χ3n) is 4.66. The van der Waals surface area contributed by atoms with E-state index in [1.807, 2.05) is 0 Å². The molecule has 2 aromatic rings. The summed E-state index contributed by atoms with van der Waals surface area (Å²) in [5, 5.41) is 0. The van der Waals surface area contributed by atoms with Crippen molar-refractivity contribution in [1.29, 1.82) is 0 Å². The molecule has 3 rings (SSSR count). The Balaban J connectivity index is 1.50. The van der Waals surface area contributed by atoms with Crippen LogP contribution in [0.25, 0.3) is 0 Å². The molecule has 0 unspecified atom stereocenters. The second-order valence-corrected chi connectivity index (χ2v) is 6.68. The summed E-state index contributed by atoms with van der Waals surface area (Å²) in [7, 11) is 0. The molecule has 2 heterocycles. The van der Waals surface area contributed by atoms with Gasteiger partial charge in [-0.1, -0.05) is 0 Å². The molecule has 150 valence electrons. The van der Waals surface area contributed by atoms with E-state index in [1.165, 1.54) is 6.26 Å². The van der Waals surface area contributed by atoms with Crippen molar-refractivity contribution in [2.45, 2.75) is 18.9 Å². The van der Waals surface area contributed by atoms with Crippen LogP contribution < -0.4 is 5.73 Å². The Labute approximate surface area is 159 Å². The van der Waals surface area contributed by atoms with Crippen LogP contribution in [0.5, 0.6) is 0 Å². The van der Waals surface area contributed by atoms with Crippen molar-refractivity contribution in [2.24, 2.45) is 5.73 Å². The number of benzene rings is 1. The van der Waals surface area contributed by atoms with Crippen molar-refractivity contribution in [3.8, 4) is 0 Å². The average Bonchev–Trinajstić information content (AvgIpc) is 3.20. The Morgan fingerprint density at radius 2 is 1.68 bits per heavy atom. The highest BCUT2D eigenvalue weighted by Gasteiger charge is 2.27. The van der Waals surface area contributed by atoms with Crippen LogP contribution >= 0.6 is 0 Å². The molecule has 2 amide bonds. The Morgan fingerprint density at radius 3 is 2.32 bits per heavy atom. The zero-order valence-electron chi connectivity index (χ0n) is 15.0. The predicted octanol–water partition coefficient (Wildman–Crippen LogP) is 1.94. The minimum Gasteiger partial charge on any atom is -0.459 e. The highest BCUT2D eigenvalue weighted by Crippen LogP contribution is 2.16. The molecule has 6 nitrogen and oxygen atoms in total. The van der Waals surface area contributed by atoms with Crippen molar-refractivity contribution in [3.05, 3.63) is 59.3 Å². The van der Waals surface area contributed by atoms with E-state index in [0.29, 0.717) is 32.2 Å². The first kappa shape index (κ1) is 19.9. The molecule has 0 radical (unpaired) electrons. The van der Waals surface area contributed by atoms with E-state index < -0.39 is 23.5 Å². The molecular weight excluding hydrogens is 375 g/mol. The van der Waals surface area contributed by atoms with Crippen molar-refractivity contribution in [3.63, 3.8) is 0 Å². The molecule has 1 aliphatic rings. The van der Waals surface area contributed by atoms with Crippen LogP contribution in [0.1, 0.15) is 22.5 Å². The van der Waals surface area contributed by atoms with Gasteiger partial charge in [0.1, 0.15) is 5.82 Å². The summed E-state index contributed by atoms with van der Waals surface area (Å²) in [6.07, 6.45) is 1.26. The maximum atomic E-state index is 13.7. The molecule has 1 aliphatic heterocycles. The molecule has 0 aliphatic carbocycles. The summed E-state index contributed by atoms with van der Waals surface area (Å²) in [6.45, 7) is 1.41. The van der Waals surface area contributed by atoms with Crippen molar-refractivity contribution in [2.75, 3.05) is 26.2 Å². The van der Waals surface area contributed by atoms with Gasteiger partial charge in [0.2, 0.25) is 5.91 Å². The van der Waals surface area contributed by atoms with Crippen LogP contribution in [0.3, 0.4) is 0 Å². The highest BCUT2D eigenvalue weighted by molar-refractivity contribution is 5.91. The van der Waals surface area contributed by atoms with Crippen molar-refractivity contribution < 1.29 is 27.2 Å². The minimum atomic E-state index is -1.27. The third-order valence-corrected chi connectivity index (χ3v) is 4.66. The van der Waals surface area contributed by atoms with Gasteiger partial charge in [-0.25, -0.2) is 13.2 Å². The van der Waals surface area contributed by atoms with Crippen molar-refractivity contribution >= 4 is 11.8 Å². The van der Waals surface area contributed by atoms with E-state index in [9.17, 15) is 22.8 Å². The van der Waals surface area contributed by atoms with Crippen LogP contribution in [-0.2, 0) is 11.2 Å². The van der Waals surface area contributed by atoms with Gasteiger partial charge in [-0.3, -0.25) is 9.59 Å². The van der Waals surface area contributed by atoms with Crippen LogP contribution in [0, 0.1) is 17.5 Å². The summed E-state index contributed by atoms with van der Waals surface area (Å²) in [6, 6.07) is 3.69.